The van der Waals surface area contributed by atoms with Crippen molar-refractivity contribution in [2.24, 2.45) is 23.7 Å². The minimum Gasteiger partial charge on any atom is -0.480 e. The predicted molar refractivity (Wildman–Crippen MR) is 150 cm³/mol. The Kier molecular flexibility index (Phi) is 7.26. The highest BCUT2D eigenvalue weighted by molar-refractivity contribution is 5.90. The van der Waals surface area contributed by atoms with Gasteiger partial charge in [0, 0.05) is 29.6 Å². The van der Waals surface area contributed by atoms with Crippen LogP contribution >= 0.6 is 0 Å². The van der Waals surface area contributed by atoms with Crippen molar-refractivity contribution in [1.29, 1.82) is 0 Å². The van der Waals surface area contributed by atoms with Gasteiger partial charge in [0.1, 0.15) is 18.7 Å². The topological polar surface area (TPSA) is 112 Å². The number of aliphatic carboxylic acids is 1. The number of ether oxygens (including phenoxy) is 1. The largest absolute Gasteiger partial charge is 0.480 e. The average molecular weight is 544 g/mol. The number of aromatic nitrogens is 1. The van der Waals surface area contributed by atoms with E-state index in [0.717, 1.165) is 65.2 Å². The maximum absolute atomic E-state index is 14.0. The highest BCUT2D eigenvalue weighted by atomic mass is 16.6. The van der Waals surface area contributed by atoms with Crippen LogP contribution in [-0.4, -0.2) is 51.7 Å². The maximum atomic E-state index is 14.0. The van der Waals surface area contributed by atoms with E-state index in [4.69, 9.17) is 4.74 Å². The van der Waals surface area contributed by atoms with Crippen molar-refractivity contribution in [3.05, 3.63) is 71.4 Å². The number of carboxylic acids is 1. The molecule has 0 aliphatic heterocycles. The van der Waals surface area contributed by atoms with Gasteiger partial charge in [0.15, 0.2) is 0 Å². The van der Waals surface area contributed by atoms with Crippen LogP contribution in [0.5, 0.6) is 0 Å². The fourth-order valence-corrected chi connectivity index (χ4v) is 7.77. The van der Waals surface area contributed by atoms with E-state index in [1.807, 2.05) is 61.5 Å². The Morgan fingerprint density at radius 1 is 0.975 bits per heavy atom. The molecule has 210 valence electrons. The number of carbonyl (C=O) groups is 3. The zero-order valence-corrected chi connectivity index (χ0v) is 22.8. The molecule has 3 N–H and O–H groups in total. The highest BCUT2D eigenvalue weighted by Gasteiger charge is 2.50. The molecule has 0 radical (unpaired) electrons. The van der Waals surface area contributed by atoms with E-state index in [0.29, 0.717) is 11.8 Å². The third-order valence-electron chi connectivity index (χ3n) is 9.26. The molecule has 3 aromatic rings. The molecule has 0 spiro atoms. The Labute approximate surface area is 234 Å². The molecule has 8 heteroatoms. The van der Waals surface area contributed by atoms with Crippen molar-refractivity contribution >= 4 is 28.9 Å². The minimum absolute atomic E-state index is 0.113. The monoisotopic (exact) mass is 543 g/mol. The highest BCUT2D eigenvalue weighted by Crippen LogP contribution is 2.54. The molecule has 40 heavy (non-hydrogen) atoms. The maximum Gasteiger partial charge on any atom is 0.408 e. The molecule has 7 rings (SSSR count). The van der Waals surface area contributed by atoms with Gasteiger partial charge in [-0.05, 0) is 79.9 Å². The number of benzene rings is 2. The van der Waals surface area contributed by atoms with Gasteiger partial charge in [-0.2, -0.15) is 0 Å². The first-order valence-electron chi connectivity index (χ1n) is 14.4. The number of carboxylic acid groups (broad SMARTS) is 1. The van der Waals surface area contributed by atoms with E-state index in [1.54, 1.807) is 0 Å². The number of nitrogens with zero attached hydrogens (tertiary/aromatic N) is 1. The number of hydrogen-bond donors (Lipinski definition) is 3. The molecule has 4 fully saturated rings. The molecule has 0 unspecified atom stereocenters. The Balaban J connectivity index is 1.25. The molecule has 4 saturated carbocycles. The summed E-state index contributed by atoms with van der Waals surface area (Å²) in [6, 6.07) is 16.2. The van der Waals surface area contributed by atoms with E-state index in [1.165, 1.54) is 11.3 Å². The fourth-order valence-electron chi connectivity index (χ4n) is 7.77. The van der Waals surface area contributed by atoms with Crippen molar-refractivity contribution in [2.75, 3.05) is 6.54 Å². The van der Waals surface area contributed by atoms with Crippen molar-refractivity contribution in [3.8, 4) is 0 Å². The Bertz CT molecular complexity index is 1370. The van der Waals surface area contributed by atoms with E-state index in [9.17, 15) is 19.5 Å². The fraction of sp³-hybridized carbons (Fsp3) is 0.469. The molecule has 1 heterocycles. The summed E-state index contributed by atoms with van der Waals surface area (Å²) in [7, 11) is 0. The van der Waals surface area contributed by atoms with E-state index in [-0.39, 0.29) is 19.1 Å². The van der Waals surface area contributed by atoms with Crippen LogP contribution in [0.25, 0.3) is 10.9 Å². The van der Waals surface area contributed by atoms with Crippen molar-refractivity contribution < 1.29 is 24.2 Å². The van der Waals surface area contributed by atoms with Gasteiger partial charge in [0.05, 0.1) is 0 Å². The van der Waals surface area contributed by atoms with Crippen LogP contribution in [0.15, 0.2) is 54.6 Å². The average Bonchev–Trinajstić information content (AvgIpc) is 3.24. The first kappa shape index (κ1) is 26.4. The summed E-state index contributed by atoms with van der Waals surface area (Å²) in [4.78, 5) is 43.9. The molecule has 8 nitrogen and oxygen atoms in total. The Morgan fingerprint density at radius 3 is 2.30 bits per heavy atom. The summed E-state index contributed by atoms with van der Waals surface area (Å²) < 4.78 is 6.08. The standard InChI is InChI=1S/C32H37N3O5/c1-19-26(25-9-5-6-10-27(25)33-19)16-28(31(38)35(18-29(36)37)17-20-7-3-2-4-8-20)34-32(39)40-30-23-12-21-11-22(14-23)15-24(30)13-21/h2-10,21-24,28,30,33H,11-18H2,1H3,(H,34,39)(H,36,37)/t21?,22?,23?,24?,28-,30?/m1/s1. The number of aryl methyl sites for hydroxylation is 1. The minimum atomic E-state index is -1.11. The van der Waals surface area contributed by atoms with Gasteiger partial charge in [-0.3, -0.25) is 9.59 Å². The summed E-state index contributed by atoms with van der Waals surface area (Å²) in [6.07, 6.45) is 5.29. The second-order valence-corrected chi connectivity index (χ2v) is 12.0. The van der Waals surface area contributed by atoms with Crippen LogP contribution in [0.1, 0.15) is 48.9 Å². The summed E-state index contributed by atoms with van der Waals surface area (Å²) >= 11 is 0. The lowest BCUT2D eigenvalue weighted by Gasteiger charge is -2.53. The first-order valence-corrected chi connectivity index (χ1v) is 14.4. The van der Waals surface area contributed by atoms with Gasteiger partial charge < -0.3 is 25.0 Å². The Hall–Kier alpha value is -3.81. The van der Waals surface area contributed by atoms with Gasteiger partial charge in [-0.15, -0.1) is 0 Å². The Morgan fingerprint density at radius 2 is 1.62 bits per heavy atom. The lowest BCUT2D eigenvalue weighted by atomic mass is 9.55. The lowest BCUT2D eigenvalue weighted by molar-refractivity contribution is -0.145. The predicted octanol–water partition coefficient (Wildman–Crippen LogP) is 5.05. The quantitative estimate of drug-likeness (QED) is 0.350. The lowest BCUT2D eigenvalue weighted by Crippen LogP contribution is -2.54. The molecule has 4 aliphatic carbocycles. The number of nitrogens with one attached hydrogen (secondary N) is 2. The zero-order chi connectivity index (χ0) is 27.8. The first-order chi connectivity index (χ1) is 19.3. The summed E-state index contributed by atoms with van der Waals surface area (Å²) in [5.41, 5.74) is 3.58. The van der Waals surface area contributed by atoms with E-state index >= 15 is 0 Å². The van der Waals surface area contributed by atoms with Crippen LogP contribution in [0.3, 0.4) is 0 Å². The molecule has 0 saturated heterocycles. The number of para-hydroxylation sites is 1. The summed E-state index contributed by atoms with van der Waals surface area (Å²) in [5.74, 6) is 0.752. The van der Waals surface area contributed by atoms with Crippen LogP contribution in [0.4, 0.5) is 4.79 Å². The van der Waals surface area contributed by atoms with Crippen LogP contribution < -0.4 is 5.32 Å². The molecule has 4 aliphatic rings. The number of amides is 2. The van der Waals surface area contributed by atoms with Gasteiger partial charge in [0.2, 0.25) is 5.91 Å². The van der Waals surface area contributed by atoms with Crippen molar-refractivity contribution in [3.63, 3.8) is 0 Å². The number of aromatic amines is 1. The third-order valence-corrected chi connectivity index (χ3v) is 9.26. The van der Waals surface area contributed by atoms with Gasteiger partial charge >= 0.3 is 12.1 Å². The molecule has 2 aromatic carbocycles. The number of hydrogen-bond acceptors (Lipinski definition) is 4. The SMILES string of the molecule is Cc1[nH]c2ccccc2c1C[C@@H](NC(=O)OC1C2CC3CC(C2)CC1C3)C(=O)N(CC(=O)O)Cc1ccccc1. The number of fused-ring (bicyclic) bond motifs is 1. The number of H-pyrrole nitrogens is 1. The molecular formula is C32H37N3O5. The summed E-state index contributed by atoms with van der Waals surface area (Å²) in [5, 5.41) is 13.5. The number of carbonyl (C=O) groups excluding carboxylic acids is 2. The van der Waals surface area contributed by atoms with E-state index in [2.05, 4.69) is 10.3 Å². The van der Waals surface area contributed by atoms with Crippen LogP contribution in [0, 0.1) is 30.6 Å². The van der Waals surface area contributed by atoms with Gasteiger partial charge in [-0.25, -0.2) is 4.79 Å². The third kappa shape index (κ3) is 5.44. The van der Waals surface area contributed by atoms with Crippen molar-refractivity contribution in [1.82, 2.24) is 15.2 Å². The smallest absolute Gasteiger partial charge is 0.408 e. The zero-order valence-electron chi connectivity index (χ0n) is 22.8. The summed E-state index contributed by atoms with van der Waals surface area (Å²) in [6.45, 7) is 1.60. The molecular weight excluding hydrogens is 506 g/mol. The molecule has 2 amide bonds. The normalized spacial score (nSPS) is 25.5. The van der Waals surface area contributed by atoms with Crippen molar-refractivity contribution in [2.45, 2.75) is 64.1 Å². The second-order valence-electron chi connectivity index (χ2n) is 12.0. The molecule has 1 atom stereocenters. The number of rotatable bonds is 9. The number of alkyl carbamates (subject to hydrolysis) is 1. The van der Waals surface area contributed by atoms with Crippen LogP contribution in [-0.2, 0) is 27.3 Å². The van der Waals surface area contributed by atoms with Gasteiger partial charge in [0.25, 0.3) is 0 Å². The van der Waals surface area contributed by atoms with E-state index < -0.39 is 30.6 Å². The van der Waals surface area contributed by atoms with Crippen LogP contribution in [0.2, 0.25) is 0 Å². The molecule has 4 bridgehead atoms. The molecule has 1 aromatic heterocycles. The van der Waals surface area contributed by atoms with Gasteiger partial charge in [-0.1, -0.05) is 48.5 Å². The second kappa shape index (κ2) is 11.0.